The summed E-state index contributed by atoms with van der Waals surface area (Å²) in [6.45, 7) is 0. The molecule has 0 aliphatic rings. The number of ketones is 2. The minimum atomic E-state index is -0.659. The first-order chi connectivity index (χ1) is 6.25. The molecule has 1 rings (SSSR count). The van der Waals surface area contributed by atoms with Gasteiger partial charge in [0.2, 0.25) is 11.6 Å². The molecular weight excluding hydrogens is 166 g/mol. The van der Waals surface area contributed by atoms with Crippen molar-refractivity contribution >= 4 is 11.6 Å². The molecule has 0 fully saturated rings. The molecule has 1 aromatic rings. The molecule has 0 atom stereocenters. The maximum atomic E-state index is 11.2. The van der Waals surface area contributed by atoms with Crippen molar-refractivity contribution in [2.45, 2.75) is 6.42 Å². The Hall–Kier alpha value is -1.95. The molecule has 0 aromatic heterocycles. The highest BCUT2D eigenvalue weighted by atomic mass is 16.2. The van der Waals surface area contributed by atoms with Crippen molar-refractivity contribution in [2.24, 2.45) is 0 Å². The minimum Gasteiger partial charge on any atom is -0.289 e. The van der Waals surface area contributed by atoms with Crippen LogP contribution in [0.3, 0.4) is 0 Å². The Labute approximate surface area is 75.6 Å². The van der Waals surface area contributed by atoms with Crippen molar-refractivity contribution in [3.8, 4) is 6.07 Å². The quantitative estimate of drug-likeness (QED) is 0.512. The summed E-state index contributed by atoms with van der Waals surface area (Å²) in [4.78, 5) is 22.2. The molecule has 0 amide bonds. The summed E-state index contributed by atoms with van der Waals surface area (Å²) >= 11 is 0. The summed E-state index contributed by atoms with van der Waals surface area (Å²) in [6, 6.07) is 9.86. The fourth-order valence-corrected chi connectivity index (χ4v) is 0.903. The van der Waals surface area contributed by atoms with Crippen LogP contribution in [0.25, 0.3) is 0 Å². The molecular formula is C10H7NO2. The van der Waals surface area contributed by atoms with Crippen LogP contribution in [-0.4, -0.2) is 11.6 Å². The van der Waals surface area contributed by atoms with E-state index in [9.17, 15) is 9.59 Å². The van der Waals surface area contributed by atoms with Crippen LogP contribution >= 0.6 is 0 Å². The standard InChI is InChI=1S/C10H7NO2/c11-7-6-9(12)10(13)8-4-2-1-3-5-8/h1-5H,6H2. The molecule has 13 heavy (non-hydrogen) atoms. The van der Waals surface area contributed by atoms with Gasteiger partial charge in [-0.05, 0) is 0 Å². The summed E-state index contributed by atoms with van der Waals surface area (Å²) in [5.41, 5.74) is 0.336. The Balaban J connectivity index is 2.82. The number of hydrogen-bond acceptors (Lipinski definition) is 3. The van der Waals surface area contributed by atoms with Crippen LogP contribution in [0, 0.1) is 11.3 Å². The Morgan fingerprint density at radius 3 is 2.38 bits per heavy atom. The van der Waals surface area contributed by atoms with Crippen molar-refractivity contribution in [2.75, 3.05) is 0 Å². The number of benzene rings is 1. The summed E-state index contributed by atoms with van der Waals surface area (Å²) < 4.78 is 0. The van der Waals surface area contributed by atoms with Crippen LogP contribution in [0.4, 0.5) is 0 Å². The van der Waals surface area contributed by atoms with Crippen molar-refractivity contribution in [3.63, 3.8) is 0 Å². The average molecular weight is 173 g/mol. The lowest BCUT2D eigenvalue weighted by atomic mass is 10.1. The van der Waals surface area contributed by atoms with E-state index >= 15 is 0 Å². The van der Waals surface area contributed by atoms with Gasteiger partial charge in [-0.3, -0.25) is 9.59 Å². The third-order valence-electron chi connectivity index (χ3n) is 1.53. The van der Waals surface area contributed by atoms with E-state index in [4.69, 9.17) is 5.26 Å². The molecule has 0 bridgehead atoms. The third kappa shape index (κ3) is 2.24. The first kappa shape index (κ1) is 9.14. The molecule has 1 aromatic carbocycles. The predicted molar refractivity (Wildman–Crippen MR) is 46.0 cm³/mol. The number of hydrogen-bond donors (Lipinski definition) is 0. The van der Waals surface area contributed by atoms with E-state index in [2.05, 4.69) is 0 Å². The normalized spacial score (nSPS) is 8.85. The summed E-state index contributed by atoms with van der Waals surface area (Å²) in [5, 5.41) is 8.21. The molecule has 0 aliphatic heterocycles. The van der Waals surface area contributed by atoms with Gasteiger partial charge in [0, 0.05) is 5.56 Å². The van der Waals surface area contributed by atoms with E-state index in [0.29, 0.717) is 5.56 Å². The summed E-state index contributed by atoms with van der Waals surface area (Å²) in [7, 11) is 0. The van der Waals surface area contributed by atoms with Gasteiger partial charge in [-0.2, -0.15) is 5.26 Å². The third-order valence-corrected chi connectivity index (χ3v) is 1.53. The van der Waals surface area contributed by atoms with Gasteiger partial charge in [0.05, 0.1) is 6.07 Å². The number of nitriles is 1. The van der Waals surface area contributed by atoms with E-state index in [1.54, 1.807) is 36.4 Å². The number of carbonyl (C=O) groups is 2. The number of nitrogens with zero attached hydrogens (tertiary/aromatic N) is 1. The van der Waals surface area contributed by atoms with Crippen LogP contribution in [0.15, 0.2) is 30.3 Å². The molecule has 0 saturated carbocycles. The van der Waals surface area contributed by atoms with Gasteiger partial charge in [-0.25, -0.2) is 0 Å². The van der Waals surface area contributed by atoms with Crippen LogP contribution in [-0.2, 0) is 4.79 Å². The molecule has 0 unspecified atom stereocenters. The van der Waals surface area contributed by atoms with Crippen molar-refractivity contribution in [1.29, 1.82) is 5.26 Å². The van der Waals surface area contributed by atoms with Crippen molar-refractivity contribution in [3.05, 3.63) is 35.9 Å². The SMILES string of the molecule is N#CCC(=O)C(=O)c1ccccc1. The maximum Gasteiger partial charge on any atom is 0.229 e. The lowest BCUT2D eigenvalue weighted by Gasteiger charge is -1.94. The highest BCUT2D eigenvalue weighted by Gasteiger charge is 2.14. The van der Waals surface area contributed by atoms with E-state index in [0.717, 1.165) is 0 Å². The Kier molecular flexibility index (Phi) is 2.93. The summed E-state index contributed by atoms with van der Waals surface area (Å²) in [5.74, 6) is -1.25. The Morgan fingerprint density at radius 2 is 1.85 bits per heavy atom. The minimum absolute atomic E-state index is 0.336. The fraction of sp³-hybridized carbons (Fsp3) is 0.100. The van der Waals surface area contributed by atoms with Gasteiger partial charge in [-0.1, -0.05) is 30.3 Å². The number of carbonyl (C=O) groups excluding carboxylic acids is 2. The smallest absolute Gasteiger partial charge is 0.229 e. The zero-order chi connectivity index (χ0) is 9.68. The molecule has 0 saturated heterocycles. The second-order valence-electron chi connectivity index (χ2n) is 2.45. The summed E-state index contributed by atoms with van der Waals surface area (Å²) in [6.07, 6.45) is -0.353. The van der Waals surface area contributed by atoms with Gasteiger partial charge in [0.25, 0.3) is 0 Å². The Bertz CT molecular complexity index is 362. The lowest BCUT2D eigenvalue weighted by Crippen LogP contribution is -2.12. The van der Waals surface area contributed by atoms with Crippen LogP contribution < -0.4 is 0 Å². The molecule has 0 N–H and O–H groups in total. The van der Waals surface area contributed by atoms with Gasteiger partial charge >= 0.3 is 0 Å². The van der Waals surface area contributed by atoms with E-state index < -0.39 is 11.6 Å². The number of rotatable bonds is 3. The van der Waals surface area contributed by atoms with Crippen LogP contribution in [0.2, 0.25) is 0 Å². The molecule has 0 heterocycles. The Morgan fingerprint density at radius 1 is 1.23 bits per heavy atom. The van der Waals surface area contributed by atoms with E-state index in [-0.39, 0.29) is 6.42 Å². The van der Waals surface area contributed by atoms with E-state index in [1.165, 1.54) is 0 Å². The van der Waals surface area contributed by atoms with Crippen molar-refractivity contribution < 1.29 is 9.59 Å². The average Bonchev–Trinajstić information content (AvgIpc) is 2.18. The van der Waals surface area contributed by atoms with Gasteiger partial charge in [-0.15, -0.1) is 0 Å². The monoisotopic (exact) mass is 173 g/mol. The molecule has 64 valence electrons. The van der Waals surface area contributed by atoms with Crippen molar-refractivity contribution in [1.82, 2.24) is 0 Å². The van der Waals surface area contributed by atoms with Crippen LogP contribution in [0.1, 0.15) is 16.8 Å². The first-order valence-electron chi connectivity index (χ1n) is 3.75. The highest BCUT2D eigenvalue weighted by molar-refractivity contribution is 6.44. The second kappa shape index (κ2) is 4.17. The number of Topliss-reactive ketones (excluding diaryl/α,β-unsaturated/α-hetero) is 2. The molecule has 0 spiro atoms. The molecule has 3 nitrogen and oxygen atoms in total. The fourth-order valence-electron chi connectivity index (χ4n) is 0.903. The highest BCUT2D eigenvalue weighted by Crippen LogP contribution is 2.01. The first-order valence-corrected chi connectivity index (χ1v) is 3.75. The second-order valence-corrected chi connectivity index (χ2v) is 2.45. The van der Waals surface area contributed by atoms with Gasteiger partial charge in [0.15, 0.2) is 0 Å². The topological polar surface area (TPSA) is 57.9 Å². The lowest BCUT2D eigenvalue weighted by molar-refractivity contribution is -0.114. The molecule has 3 heteroatoms. The van der Waals surface area contributed by atoms with E-state index in [1.807, 2.05) is 0 Å². The molecule has 0 aliphatic carbocycles. The van der Waals surface area contributed by atoms with Gasteiger partial charge in [0.1, 0.15) is 6.42 Å². The zero-order valence-electron chi connectivity index (χ0n) is 6.86. The molecule has 0 radical (unpaired) electrons. The zero-order valence-corrected chi connectivity index (χ0v) is 6.86. The predicted octanol–water partition coefficient (Wildman–Crippen LogP) is 1.35. The van der Waals surface area contributed by atoms with Gasteiger partial charge < -0.3 is 0 Å². The largest absolute Gasteiger partial charge is 0.289 e. The maximum absolute atomic E-state index is 11.2. The van der Waals surface area contributed by atoms with Crippen LogP contribution in [0.5, 0.6) is 0 Å².